The largest absolute Gasteiger partial charge is 0.396 e. The maximum absolute atomic E-state index is 11.8. The van der Waals surface area contributed by atoms with E-state index in [-0.39, 0.29) is 5.91 Å². The Balaban J connectivity index is 2.72. The van der Waals surface area contributed by atoms with Gasteiger partial charge in [-0.3, -0.25) is 4.79 Å². The summed E-state index contributed by atoms with van der Waals surface area (Å²) >= 11 is 1.67. The molecule has 1 aromatic heterocycles. The maximum atomic E-state index is 11.8. The monoisotopic (exact) mass is 228 g/mol. The van der Waals surface area contributed by atoms with Gasteiger partial charge in [0, 0.05) is 0 Å². The van der Waals surface area contributed by atoms with Crippen LogP contribution in [0, 0.1) is 6.92 Å². The Labute approximate surface area is 93.2 Å². The van der Waals surface area contributed by atoms with Crippen LogP contribution in [0.2, 0.25) is 0 Å². The van der Waals surface area contributed by atoms with Crippen LogP contribution in [0.15, 0.2) is 6.20 Å². The standard InChI is InChI=1S/C9H16N4OS/c1-6-8(11)5-12-13(6)9(14)7(10)3-4-15-2/h5,7H,3-4,10-11H2,1-2H3/t7-/m0/s1. The topological polar surface area (TPSA) is 86.9 Å². The molecule has 15 heavy (non-hydrogen) atoms. The third-order valence-electron chi connectivity index (χ3n) is 2.21. The van der Waals surface area contributed by atoms with Gasteiger partial charge in [-0.05, 0) is 25.4 Å². The molecule has 0 aliphatic heterocycles. The summed E-state index contributed by atoms with van der Waals surface area (Å²) in [4.78, 5) is 11.8. The second-order valence-electron chi connectivity index (χ2n) is 3.32. The minimum atomic E-state index is -0.504. The van der Waals surface area contributed by atoms with E-state index in [0.29, 0.717) is 17.8 Å². The van der Waals surface area contributed by atoms with Crippen molar-refractivity contribution in [3.05, 3.63) is 11.9 Å². The Morgan fingerprint density at radius 2 is 2.40 bits per heavy atom. The minimum absolute atomic E-state index is 0.196. The van der Waals surface area contributed by atoms with E-state index in [4.69, 9.17) is 11.5 Å². The summed E-state index contributed by atoms with van der Waals surface area (Å²) in [6.07, 6.45) is 4.10. The van der Waals surface area contributed by atoms with Gasteiger partial charge in [-0.2, -0.15) is 16.9 Å². The van der Waals surface area contributed by atoms with Gasteiger partial charge < -0.3 is 11.5 Å². The molecule has 4 N–H and O–H groups in total. The smallest absolute Gasteiger partial charge is 0.264 e. The quantitative estimate of drug-likeness (QED) is 0.783. The SMILES string of the molecule is CSCC[C@H](N)C(=O)n1ncc(N)c1C. The van der Waals surface area contributed by atoms with Gasteiger partial charge >= 0.3 is 0 Å². The molecule has 1 rings (SSSR count). The first-order chi connectivity index (χ1) is 7.07. The van der Waals surface area contributed by atoms with Crippen molar-refractivity contribution in [2.75, 3.05) is 17.7 Å². The molecule has 0 fully saturated rings. The fraction of sp³-hybridized carbons (Fsp3) is 0.556. The van der Waals surface area contributed by atoms with Gasteiger partial charge in [0.1, 0.15) is 0 Å². The Bertz CT molecular complexity index is 350. The number of aromatic nitrogens is 2. The van der Waals surface area contributed by atoms with Crippen molar-refractivity contribution in [1.29, 1.82) is 0 Å². The Kier molecular flexibility index (Phi) is 4.16. The highest BCUT2D eigenvalue weighted by atomic mass is 32.2. The normalized spacial score (nSPS) is 12.7. The molecule has 1 atom stereocenters. The molecule has 5 nitrogen and oxygen atoms in total. The highest BCUT2D eigenvalue weighted by molar-refractivity contribution is 7.98. The third kappa shape index (κ3) is 2.73. The number of anilines is 1. The molecule has 0 radical (unpaired) electrons. The molecule has 0 bridgehead atoms. The molecule has 0 aliphatic carbocycles. The highest BCUT2D eigenvalue weighted by Gasteiger charge is 2.18. The van der Waals surface area contributed by atoms with Crippen molar-refractivity contribution in [3.8, 4) is 0 Å². The lowest BCUT2D eigenvalue weighted by atomic mass is 10.2. The first kappa shape index (κ1) is 12.1. The van der Waals surface area contributed by atoms with E-state index in [9.17, 15) is 4.79 Å². The Hall–Kier alpha value is -1.01. The zero-order valence-corrected chi connectivity index (χ0v) is 9.75. The van der Waals surface area contributed by atoms with Crippen molar-refractivity contribution in [2.45, 2.75) is 19.4 Å². The molecule has 0 unspecified atom stereocenters. The lowest BCUT2D eigenvalue weighted by Crippen LogP contribution is -2.36. The lowest BCUT2D eigenvalue weighted by Gasteiger charge is -2.10. The predicted molar refractivity (Wildman–Crippen MR) is 63.0 cm³/mol. The zero-order valence-electron chi connectivity index (χ0n) is 8.93. The van der Waals surface area contributed by atoms with Crippen LogP contribution in [0.5, 0.6) is 0 Å². The molecule has 0 aliphatic rings. The van der Waals surface area contributed by atoms with Gasteiger partial charge in [-0.15, -0.1) is 0 Å². The zero-order chi connectivity index (χ0) is 11.4. The average Bonchev–Trinajstić information content (AvgIpc) is 2.55. The van der Waals surface area contributed by atoms with Crippen molar-refractivity contribution < 1.29 is 4.79 Å². The molecule has 0 saturated carbocycles. The van der Waals surface area contributed by atoms with Crippen LogP contribution in [-0.4, -0.2) is 33.7 Å². The van der Waals surface area contributed by atoms with Gasteiger partial charge in [0.15, 0.2) is 0 Å². The molecule has 84 valence electrons. The molecule has 0 spiro atoms. The number of nitrogens with zero attached hydrogens (tertiary/aromatic N) is 2. The average molecular weight is 228 g/mol. The number of hydrogen-bond acceptors (Lipinski definition) is 5. The van der Waals surface area contributed by atoms with Gasteiger partial charge in [0.25, 0.3) is 5.91 Å². The molecule has 0 aromatic carbocycles. The second-order valence-corrected chi connectivity index (χ2v) is 4.31. The molecular formula is C9H16N4OS. The number of thioether (sulfide) groups is 1. The van der Waals surface area contributed by atoms with E-state index in [0.717, 1.165) is 5.75 Å². The molecule has 0 amide bonds. The summed E-state index contributed by atoms with van der Waals surface area (Å²) < 4.78 is 1.28. The summed E-state index contributed by atoms with van der Waals surface area (Å²) in [6, 6.07) is -0.504. The number of rotatable bonds is 4. The second kappa shape index (κ2) is 5.18. The van der Waals surface area contributed by atoms with Crippen molar-refractivity contribution in [3.63, 3.8) is 0 Å². The van der Waals surface area contributed by atoms with Crippen molar-refractivity contribution in [1.82, 2.24) is 9.78 Å². The van der Waals surface area contributed by atoms with Crippen LogP contribution in [0.1, 0.15) is 16.9 Å². The maximum Gasteiger partial charge on any atom is 0.264 e. The van der Waals surface area contributed by atoms with Crippen molar-refractivity contribution in [2.24, 2.45) is 5.73 Å². The van der Waals surface area contributed by atoms with E-state index < -0.39 is 6.04 Å². The van der Waals surface area contributed by atoms with Gasteiger partial charge in [-0.25, -0.2) is 4.68 Å². The first-order valence-electron chi connectivity index (χ1n) is 4.66. The molecule has 0 saturated heterocycles. The van der Waals surface area contributed by atoms with Crippen LogP contribution in [0.25, 0.3) is 0 Å². The van der Waals surface area contributed by atoms with Crippen LogP contribution in [-0.2, 0) is 0 Å². The summed E-state index contributed by atoms with van der Waals surface area (Å²) in [5, 5.41) is 3.90. The number of nitrogen functional groups attached to an aromatic ring is 1. The van der Waals surface area contributed by atoms with Crippen molar-refractivity contribution >= 4 is 23.4 Å². The van der Waals surface area contributed by atoms with Crippen LogP contribution in [0.3, 0.4) is 0 Å². The number of nitrogens with two attached hydrogens (primary N) is 2. The van der Waals surface area contributed by atoms with Gasteiger partial charge in [0.05, 0.1) is 23.6 Å². The Morgan fingerprint density at radius 1 is 1.73 bits per heavy atom. The number of carbonyl (C=O) groups is 1. The third-order valence-corrected chi connectivity index (χ3v) is 2.85. The van der Waals surface area contributed by atoms with Gasteiger partial charge in [-0.1, -0.05) is 0 Å². The molecule has 1 aromatic rings. The number of carbonyl (C=O) groups excluding carboxylic acids is 1. The minimum Gasteiger partial charge on any atom is -0.396 e. The predicted octanol–water partition coefficient (Wildman–Crippen LogP) is 0.494. The fourth-order valence-corrected chi connectivity index (χ4v) is 1.66. The van der Waals surface area contributed by atoms with E-state index in [1.54, 1.807) is 18.7 Å². The summed E-state index contributed by atoms with van der Waals surface area (Å²) in [5.74, 6) is 0.668. The summed E-state index contributed by atoms with van der Waals surface area (Å²) in [5.41, 5.74) is 12.5. The van der Waals surface area contributed by atoms with E-state index in [2.05, 4.69) is 5.10 Å². The number of hydrogen-bond donors (Lipinski definition) is 2. The molecule has 1 heterocycles. The Morgan fingerprint density at radius 3 is 2.87 bits per heavy atom. The van der Waals surface area contributed by atoms with Crippen LogP contribution < -0.4 is 11.5 Å². The summed E-state index contributed by atoms with van der Waals surface area (Å²) in [7, 11) is 0. The lowest BCUT2D eigenvalue weighted by molar-refractivity contribution is 0.0859. The van der Waals surface area contributed by atoms with E-state index >= 15 is 0 Å². The molecule has 6 heteroatoms. The van der Waals surface area contributed by atoms with Gasteiger partial charge in [0.2, 0.25) is 0 Å². The first-order valence-corrected chi connectivity index (χ1v) is 6.06. The summed E-state index contributed by atoms with van der Waals surface area (Å²) in [6.45, 7) is 1.75. The van der Waals surface area contributed by atoms with E-state index in [1.165, 1.54) is 10.9 Å². The van der Waals surface area contributed by atoms with E-state index in [1.807, 2.05) is 6.26 Å². The van der Waals surface area contributed by atoms with Crippen LogP contribution in [0.4, 0.5) is 5.69 Å². The highest BCUT2D eigenvalue weighted by Crippen LogP contribution is 2.10. The molecular weight excluding hydrogens is 212 g/mol. The fourth-order valence-electron chi connectivity index (χ4n) is 1.17. The van der Waals surface area contributed by atoms with Crippen LogP contribution >= 0.6 is 11.8 Å².